The Balaban J connectivity index is 1.82. The summed E-state index contributed by atoms with van der Waals surface area (Å²) in [5.41, 5.74) is -4.46. The number of hydrogen-bond acceptors (Lipinski definition) is 9. The zero-order chi connectivity index (χ0) is 26.8. The Hall–Kier alpha value is -1.97. The van der Waals surface area contributed by atoms with Crippen LogP contribution in [0, 0.1) is 22.7 Å². The molecule has 10 atom stereocenters. The number of hydrogen-bond donors (Lipinski definition) is 3. The number of aliphatic hydroxyl groups excluding tert-OH is 1. The normalized spacial score (nSPS) is 46.4. The quantitative estimate of drug-likeness (QED) is 0.296. The molecular weight excluding hydrogens is 468 g/mol. The van der Waals surface area contributed by atoms with E-state index < -0.39 is 64.1 Å². The Labute approximate surface area is 212 Å². The van der Waals surface area contributed by atoms with Gasteiger partial charge in [0, 0.05) is 44.4 Å². The van der Waals surface area contributed by atoms with Gasteiger partial charge >= 0.3 is 17.9 Å². The lowest BCUT2D eigenvalue weighted by Gasteiger charge is -2.68. The summed E-state index contributed by atoms with van der Waals surface area (Å²) < 4.78 is 16.7. The second kappa shape index (κ2) is 8.81. The summed E-state index contributed by atoms with van der Waals surface area (Å²) >= 11 is 0. The average molecular weight is 509 g/mol. The van der Waals surface area contributed by atoms with Crippen LogP contribution in [-0.4, -0.2) is 68.8 Å². The predicted octanol–water partition coefficient (Wildman–Crippen LogP) is 2.19. The van der Waals surface area contributed by atoms with Crippen LogP contribution in [0.2, 0.25) is 0 Å². The highest BCUT2D eigenvalue weighted by Gasteiger charge is 2.79. The Kier molecular flexibility index (Phi) is 6.62. The van der Waals surface area contributed by atoms with Gasteiger partial charge in [-0.15, -0.1) is 0 Å². The van der Waals surface area contributed by atoms with Crippen molar-refractivity contribution in [2.24, 2.45) is 22.7 Å². The number of esters is 3. The Morgan fingerprint density at radius 2 is 1.64 bits per heavy atom. The zero-order valence-corrected chi connectivity index (χ0v) is 22.1. The summed E-state index contributed by atoms with van der Waals surface area (Å²) in [5.74, 6) is -2.72. The summed E-state index contributed by atoms with van der Waals surface area (Å²) in [7, 11) is 0. The van der Waals surface area contributed by atoms with E-state index in [0.717, 1.165) is 5.57 Å². The van der Waals surface area contributed by atoms with Gasteiger partial charge in [-0.25, -0.2) is 0 Å². The molecule has 9 nitrogen and oxygen atoms in total. The maximum Gasteiger partial charge on any atom is 0.303 e. The van der Waals surface area contributed by atoms with Crippen molar-refractivity contribution in [3.63, 3.8) is 0 Å². The fourth-order valence-corrected chi connectivity index (χ4v) is 8.56. The van der Waals surface area contributed by atoms with Gasteiger partial charge in [-0.2, -0.15) is 0 Å². The van der Waals surface area contributed by atoms with Crippen LogP contribution in [0.25, 0.3) is 0 Å². The maximum atomic E-state index is 12.5. The average Bonchev–Trinajstić information content (AvgIpc) is 3.04. The van der Waals surface area contributed by atoms with Crippen LogP contribution in [-0.2, 0) is 28.6 Å². The van der Waals surface area contributed by atoms with Gasteiger partial charge < -0.3 is 29.5 Å². The van der Waals surface area contributed by atoms with E-state index in [1.54, 1.807) is 13.8 Å². The number of aliphatic hydroxyl groups is 3. The molecule has 0 heterocycles. The molecule has 0 aromatic rings. The molecule has 4 aliphatic rings. The molecule has 36 heavy (non-hydrogen) atoms. The predicted molar refractivity (Wildman–Crippen MR) is 127 cm³/mol. The van der Waals surface area contributed by atoms with Crippen LogP contribution in [0.1, 0.15) is 80.1 Å². The van der Waals surface area contributed by atoms with E-state index >= 15 is 0 Å². The first kappa shape index (κ1) is 27.1. The van der Waals surface area contributed by atoms with Crippen molar-refractivity contribution >= 4 is 17.9 Å². The molecule has 3 fully saturated rings. The Bertz CT molecular complexity index is 976. The van der Waals surface area contributed by atoms with Crippen LogP contribution in [0.3, 0.4) is 0 Å². The summed E-state index contributed by atoms with van der Waals surface area (Å²) in [6, 6.07) is 0. The van der Waals surface area contributed by atoms with Crippen LogP contribution in [0.4, 0.5) is 0 Å². The molecule has 0 radical (unpaired) electrons. The van der Waals surface area contributed by atoms with Crippen molar-refractivity contribution in [3.05, 3.63) is 11.6 Å². The first-order valence-electron chi connectivity index (χ1n) is 13.0. The largest absolute Gasteiger partial charge is 0.463 e. The van der Waals surface area contributed by atoms with Crippen molar-refractivity contribution < 1.29 is 43.9 Å². The molecule has 9 heteroatoms. The molecular formula is C27H40O9. The van der Waals surface area contributed by atoms with E-state index in [2.05, 4.69) is 0 Å². The number of carbonyl (C=O) groups is 3. The van der Waals surface area contributed by atoms with Gasteiger partial charge in [0.15, 0.2) is 0 Å². The van der Waals surface area contributed by atoms with E-state index in [-0.39, 0.29) is 24.9 Å². The molecule has 4 aliphatic carbocycles. The lowest BCUT2D eigenvalue weighted by atomic mass is 9.42. The molecule has 0 aromatic carbocycles. The van der Waals surface area contributed by atoms with Crippen LogP contribution >= 0.6 is 0 Å². The first-order valence-corrected chi connectivity index (χ1v) is 13.0. The summed E-state index contributed by atoms with van der Waals surface area (Å²) in [5, 5.41) is 36.8. The highest BCUT2D eigenvalue weighted by molar-refractivity contribution is 5.67. The molecule has 0 saturated heterocycles. The van der Waals surface area contributed by atoms with Gasteiger partial charge in [0.05, 0.1) is 6.10 Å². The SMILES string of the molecule is CC(=O)O[C@H]1CC[C@@]2(C)C(=CC[C@]3(O)[C@H]2[C@H](O)[C@@H](OC(C)=O)[C@]2(C)[C@@H]([C@@H](C)OC(C)=O)CC[C@@]23O)C1. The Morgan fingerprint density at radius 1 is 1.00 bits per heavy atom. The summed E-state index contributed by atoms with van der Waals surface area (Å²) in [6.07, 6.45) is 0.867. The first-order chi connectivity index (χ1) is 16.6. The molecule has 0 unspecified atom stereocenters. The van der Waals surface area contributed by atoms with Gasteiger partial charge in [-0.05, 0) is 44.4 Å². The van der Waals surface area contributed by atoms with Gasteiger partial charge in [0.2, 0.25) is 0 Å². The van der Waals surface area contributed by atoms with Gasteiger partial charge in [-0.1, -0.05) is 25.5 Å². The lowest BCUT2D eigenvalue weighted by Crippen LogP contribution is -2.80. The third kappa shape index (κ3) is 3.64. The molecule has 0 aliphatic heterocycles. The van der Waals surface area contributed by atoms with Crippen molar-refractivity contribution in [2.75, 3.05) is 0 Å². The molecule has 0 spiro atoms. The fourth-order valence-electron chi connectivity index (χ4n) is 8.56. The van der Waals surface area contributed by atoms with Gasteiger partial charge in [0.25, 0.3) is 0 Å². The fraction of sp³-hybridized carbons (Fsp3) is 0.815. The highest BCUT2D eigenvalue weighted by atomic mass is 16.6. The van der Waals surface area contributed by atoms with E-state index in [4.69, 9.17) is 14.2 Å². The van der Waals surface area contributed by atoms with Crippen molar-refractivity contribution in [2.45, 2.75) is 116 Å². The van der Waals surface area contributed by atoms with E-state index in [1.165, 1.54) is 20.8 Å². The van der Waals surface area contributed by atoms with E-state index in [1.807, 2.05) is 13.0 Å². The molecule has 3 N–H and O–H groups in total. The molecule has 4 rings (SSSR count). The highest BCUT2D eigenvalue weighted by Crippen LogP contribution is 2.70. The minimum atomic E-state index is -1.72. The minimum Gasteiger partial charge on any atom is -0.463 e. The van der Waals surface area contributed by atoms with Gasteiger partial charge in [-0.3, -0.25) is 14.4 Å². The molecule has 3 saturated carbocycles. The van der Waals surface area contributed by atoms with Crippen LogP contribution in [0.15, 0.2) is 11.6 Å². The van der Waals surface area contributed by atoms with E-state index in [0.29, 0.717) is 25.7 Å². The minimum absolute atomic E-state index is 0.0972. The smallest absolute Gasteiger partial charge is 0.303 e. The Morgan fingerprint density at radius 3 is 2.22 bits per heavy atom. The molecule has 0 amide bonds. The topological polar surface area (TPSA) is 140 Å². The summed E-state index contributed by atoms with van der Waals surface area (Å²) in [4.78, 5) is 35.6. The van der Waals surface area contributed by atoms with Crippen molar-refractivity contribution in [1.82, 2.24) is 0 Å². The molecule has 202 valence electrons. The number of rotatable bonds is 4. The summed E-state index contributed by atoms with van der Waals surface area (Å²) in [6.45, 7) is 9.37. The third-order valence-electron chi connectivity index (χ3n) is 10.0. The second-order valence-corrected chi connectivity index (χ2v) is 11.9. The number of carbonyl (C=O) groups excluding carboxylic acids is 3. The van der Waals surface area contributed by atoms with Gasteiger partial charge in [0.1, 0.15) is 29.5 Å². The monoisotopic (exact) mass is 508 g/mol. The maximum absolute atomic E-state index is 12.5. The number of ether oxygens (including phenoxy) is 3. The molecule has 0 bridgehead atoms. The van der Waals surface area contributed by atoms with Crippen LogP contribution < -0.4 is 0 Å². The van der Waals surface area contributed by atoms with Crippen molar-refractivity contribution in [1.29, 1.82) is 0 Å². The second-order valence-electron chi connectivity index (χ2n) is 11.9. The molecule has 0 aromatic heterocycles. The van der Waals surface area contributed by atoms with Crippen LogP contribution in [0.5, 0.6) is 0 Å². The lowest BCUT2D eigenvalue weighted by molar-refractivity contribution is -0.333. The standard InChI is InChI=1S/C27H40O9/c1-14(34-15(2)28)20-9-12-27(33)25(20,6)23(36-17(4)30)21(31)22-24(5)10-8-19(35-16(3)29)13-18(24)7-11-26(22,27)32/h7,14,19-23,31-33H,8-13H2,1-6H3/t14-,19+,20-,21+,22+,23-,24+,25+,26+,27-/m1/s1. The van der Waals surface area contributed by atoms with E-state index in [9.17, 15) is 29.7 Å². The van der Waals surface area contributed by atoms with Crippen molar-refractivity contribution in [3.8, 4) is 0 Å². The third-order valence-corrected chi connectivity index (χ3v) is 10.0. The number of fused-ring (bicyclic) bond motifs is 5. The zero-order valence-electron chi connectivity index (χ0n) is 22.1.